The van der Waals surface area contributed by atoms with E-state index in [2.05, 4.69) is 5.32 Å². The van der Waals surface area contributed by atoms with Crippen molar-refractivity contribution in [3.8, 4) is 0 Å². The zero-order chi connectivity index (χ0) is 13.7. The van der Waals surface area contributed by atoms with Crippen LogP contribution in [0.3, 0.4) is 0 Å². The number of nitrogens with two attached hydrogens (primary N) is 1. The fraction of sp³-hybridized carbons (Fsp3) is 0.267. The molecule has 0 fully saturated rings. The number of rotatable bonds is 5. The first-order valence-corrected chi connectivity index (χ1v) is 7.23. The second kappa shape index (κ2) is 6.50. The number of benzene rings is 1. The van der Waals surface area contributed by atoms with Crippen LogP contribution in [0.15, 0.2) is 47.2 Å². The summed E-state index contributed by atoms with van der Waals surface area (Å²) < 4.78 is 0. The summed E-state index contributed by atoms with van der Waals surface area (Å²) in [4.78, 5) is 11.9. The molecule has 2 aromatic rings. The number of nitrogens with one attached hydrogen (secondary N) is 1. The maximum absolute atomic E-state index is 11.9. The Balaban J connectivity index is 1.88. The Labute approximate surface area is 117 Å². The number of hydrogen-bond donors (Lipinski definition) is 2. The molecule has 0 aliphatic rings. The zero-order valence-electron chi connectivity index (χ0n) is 10.9. The van der Waals surface area contributed by atoms with Crippen LogP contribution in [-0.2, 0) is 4.79 Å². The second-order valence-electron chi connectivity index (χ2n) is 4.57. The van der Waals surface area contributed by atoms with E-state index >= 15 is 0 Å². The van der Waals surface area contributed by atoms with Crippen LogP contribution in [-0.4, -0.2) is 5.91 Å². The van der Waals surface area contributed by atoms with Gasteiger partial charge in [0.15, 0.2) is 0 Å². The zero-order valence-corrected chi connectivity index (χ0v) is 11.7. The Kier molecular flexibility index (Phi) is 4.71. The fourth-order valence-electron chi connectivity index (χ4n) is 1.92. The molecule has 100 valence electrons. The predicted molar refractivity (Wildman–Crippen MR) is 78.9 cm³/mol. The minimum Gasteiger partial charge on any atom is -0.349 e. The van der Waals surface area contributed by atoms with Gasteiger partial charge in [-0.05, 0) is 34.9 Å². The van der Waals surface area contributed by atoms with E-state index < -0.39 is 0 Å². The maximum Gasteiger partial charge on any atom is 0.222 e. The summed E-state index contributed by atoms with van der Waals surface area (Å²) >= 11 is 1.63. The van der Waals surface area contributed by atoms with Gasteiger partial charge in [0.2, 0.25) is 5.91 Å². The lowest BCUT2D eigenvalue weighted by molar-refractivity contribution is -0.122. The summed E-state index contributed by atoms with van der Waals surface area (Å²) in [6, 6.07) is 11.5. The monoisotopic (exact) mass is 274 g/mol. The summed E-state index contributed by atoms with van der Waals surface area (Å²) in [7, 11) is 0. The second-order valence-corrected chi connectivity index (χ2v) is 5.35. The van der Waals surface area contributed by atoms with Crippen molar-refractivity contribution in [1.29, 1.82) is 0 Å². The van der Waals surface area contributed by atoms with E-state index in [1.165, 1.54) is 0 Å². The van der Waals surface area contributed by atoms with E-state index in [4.69, 9.17) is 5.73 Å². The van der Waals surface area contributed by atoms with Gasteiger partial charge in [-0.15, -0.1) is 0 Å². The van der Waals surface area contributed by atoms with E-state index in [1.807, 2.05) is 54.1 Å². The number of carbonyl (C=O) groups is 1. The molecule has 1 amide bonds. The summed E-state index contributed by atoms with van der Waals surface area (Å²) in [5.74, 6) is -0.0185. The molecule has 1 aromatic heterocycles. The van der Waals surface area contributed by atoms with Crippen molar-refractivity contribution in [3.63, 3.8) is 0 Å². The molecular formula is C15H18N2OS. The van der Waals surface area contributed by atoms with E-state index in [-0.39, 0.29) is 18.0 Å². The van der Waals surface area contributed by atoms with Crippen LogP contribution >= 0.6 is 11.3 Å². The molecule has 2 atom stereocenters. The lowest BCUT2D eigenvalue weighted by Gasteiger charge is -2.15. The van der Waals surface area contributed by atoms with Gasteiger partial charge < -0.3 is 11.1 Å². The predicted octanol–water partition coefficient (Wildman–Crippen LogP) is 3.02. The van der Waals surface area contributed by atoms with Gasteiger partial charge in [-0.3, -0.25) is 4.79 Å². The standard InChI is InChI=1S/C15H18N2OS/c1-11(13-7-8-19-10-13)17-15(18)9-14(16)12-5-3-2-4-6-12/h2-8,10-11,14H,9,16H2,1H3,(H,17,18). The molecule has 0 saturated carbocycles. The van der Waals surface area contributed by atoms with Crippen molar-refractivity contribution in [2.45, 2.75) is 25.4 Å². The van der Waals surface area contributed by atoms with Crippen LogP contribution in [0, 0.1) is 0 Å². The van der Waals surface area contributed by atoms with Crippen molar-refractivity contribution in [2.24, 2.45) is 5.73 Å². The molecule has 0 saturated heterocycles. The molecule has 3 nitrogen and oxygen atoms in total. The average Bonchev–Trinajstić information content (AvgIpc) is 2.93. The topological polar surface area (TPSA) is 55.1 Å². The molecule has 1 heterocycles. The molecule has 3 N–H and O–H groups in total. The van der Waals surface area contributed by atoms with E-state index in [1.54, 1.807) is 11.3 Å². The van der Waals surface area contributed by atoms with Crippen molar-refractivity contribution in [2.75, 3.05) is 0 Å². The van der Waals surface area contributed by atoms with Crippen LogP contribution in [0.1, 0.15) is 36.6 Å². The first kappa shape index (κ1) is 13.8. The van der Waals surface area contributed by atoms with Gasteiger partial charge in [-0.25, -0.2) is 0 Å². The summed E-state index contributed by atoms with van der Waals surface area (Å²) in [5.41, 5.74) is 8.15. The Bertz CT molecular complexity index is 510. The third-order valence-corrected chi connectivity index (χ3v) is 3.76. The number of amides is 1. The SMILES string of the molecule is CC(NC(=O)CC(N)c1ccccc1)c1ccsc1. The first-order valence-electron chi connectivity index (χ1n) is 6.29. The molecule has 2 unspecified atom stereocenters. The van der Waals surface area contributed by atoms with Crippen LogP contribution in [0.5, 0.6) is 0 Å². The molecule has 1 aromatic carbocycles. The minimum absolute atomic E-state index is 0.0185. The third-order valence-electron chi connectivity index (χ3n) is 3.05. The maximum atomic E-state index is 11.9. The van der Waals surface area contributed by atoms with Crippen molar-refractivity contribution < 1.29 is 4.79 Å². The van der Waals surface area contributed by atoms with E-state index in [0.717, 1.165) is 11.1 Å². The lowest BCUT2D eigenvalue weighted by Crippen LogP contribution is -2.29. The van der Waals surface area contributed by atoms with E-state index in [9.17, 15) is 4.79 Å². The molecule has 4 heteroatoms. The molecule has 0 bridgehead atoms. The highest BCUT2D eigenvalue weighted by atomic mass is 32.1. The van der Waals surface area contributed by atoms with Gasteiger partial charge in [-0.2, -0.15) is 11.3 Å². The summed E-state index contributed by atoms with van der Waals surface area (Å²) in [6.45, 7) is 1.98. The molecule has 2 rings (SSSR count). The highest BCUT2D eigenvalue weighted by molar-refractivity contribution is 7.07. The van der Waals surface area contributed by atoms with Gasteiger partial charge in [0, 0.05) is 12.5 Å². The Hall–Kier alpha value is -1.65. The minimum atomic E-state index is -0.254. The average molecular weight is 274 g/mol. The highest BCUT2D eigenvalue weighted by Crippen LogP contribution is 2.17. The molecule has 0 spiro atoms. The Morgan fingerprint density at radius 3 is 2.63 bits per heavy atom. The van der Waals surface area contributed by atoms with Crippen molar-refractivity contribution in [1.82, 2.24) is 5.32 Å². The first-order chi connectivity index (χ1) is 9.16. The summed E-state index contributed by atoms with van der Waals surface area (Å²) in [6.07, 6.45) is 0.304. The molecule has 0 aliphatic carbocycles. The normalized spacial score (nSPS) is 13.8. The Morgan fingerprint density at radius 1 is 1.26 bits per heavy atom. The largest absolute Gasteiger partial charge is 0.349 e. The quantitative estimate of drug-likeness (QED) is 0.880. The fourth-order valence-corrected chi connectivity index (χ4v) is 2.68. The highest BCUT2D eigenvalue weighted by Gasteiger charge is 2.14. The number of thiophene rings is 1. The molecule has 19 heavy (non-hydrogen) atoms. The molecular weight excluding hydrogens is 256 g/mol. The van der Waals surface area contributed by atoms with Crippen LogP contribution in [0.2, 0.25) is 0 Å². The van der Waals surface area contributed by atoms with Crippen LogP contribution in [0.25, 0.3) is 0 Å². The third kappa shape index (κ3) is 3.91. The smallest absolute Gasteiger partial charge is 0.222 e. The van der Waals surface area contributed by atoms with Gasteiger partial charge in [0.05, 0.1) is 6.04 Å². The van der Waals surface area contributed by atoms with Crippen molar-refractivity contribution >= 4 is 17.2 Å². The number of carbonyl (C=O) groups excluding carboxylic acids is 1. The van der Waals surface area contributed by atoms with E-state index in [0.29, 0.717) is 6.42 Å². The van der Waals surface area contributed by atoms with Crippen LogP contribution < -0.4 is 11.1 Å². The molecule has 0 radical (unpaired) electrons. The Morgan fingerprint density at radius 2 is 2.00 bits per heavy atom. The molecule has 0 aliphatic heterocycles. The van der Waals surface area contributed by atoms with Crippen molar-refractivity contribution in [3.05, 3.63) is 58.3 Å². The van der Waals surface area contributed by atoms with Gasteiger partial charge in [-0.1, -0.05) is 30.3 Å². The van der Waals surface area contributed by atoms with Gasteiger partial charge in [0.1, 0.15) is 0 Å². The number of hydrogen-bond acceptors (Lipinski definition) is 3. The summed E-state index contributed by atoms with van der Waals surface area (Å²) in [5, 5.41) is 7.02. The van der Waals surface area contributed by atoms with Crippen LogP contribution in [0.4, 0.5) is 0 Å². The van der Waals surface area contributed by atoms with Gasteiger partial charge >= 0.3 is 0 Å². The lowest BCUT2D eigenvalue weighted by atomic mass is 10.0. The van der Waals surface area contributed by atoms with Gasteiger partial charge in [0.25, 0.3) is 0 Å².